The van der Waals surface area contributed by atoms with Gasteiger partial charge in [-0.1, -0.05) is 0 Å². The van der Waals surface area contributed by atoms with Crippen LogP contribution in [0.25, 0.3) is 0 Å². The van der Waals surface area contributed by atoms with Crippen molar-refractivity contribution in [1.82, 2.24) is 15.3 Å². The van der Waals surface area contributed by atoms with E-state index in [-0.39, 0.29) is 30.1 Å². The Morgan fingerprint density at radius 3 is 2.52 bits per heavy atom. The average Bonchev–Trinajstić information content (AvgIpc) is 2.33. The van der Waals surface area contributed by atoms with Gasteiger partial charge in [-0.05, 0) is 20.8 Å². The minimum atomic E-state index is -4.69. The Labute approximate surface area is 120 Å². The maximum Gasteiger partial charge on any atom is 0.451 e. The fourth-order valence-corrected chi connectivity index (χ4v) is 1.64. The molecule has 0 aliphatic rings. The fourth-order valence-electron chi connectivity index (χ4n) is 1.64. The van der Waals surface area contributed by atoms with E-state index in [1.807, 2.05) is 0 Å². The van der Waals surface area contributed by atoms with Gasteiger partial charge in [0, 0.05) is 18.7 Å². The first kappa shape index (κ1) is 17.0. The van der Waals surface area contributed by atoms with Crippen molar-refractivity contribution in [2.24, 2.45) is 0 Å². The van der Waals surface area contributed by atoms with Gasteiger partial charge in [0.15, 0.2) is 0 Å². The van der Waals surface area contributed by atoms with Gasteiger partial charge in [-0.15, -0.1) is 0 Å². The molecule has 0 bridgehead atoms. The third kappa shape index (κ3) is 5.09. The molecule has 0 radical (unpaired) electrons. The van der Waals surface area contributed by atoms with E-state index in [4.69, 9.17) is 5.73 Å². The topological polar surface area (TPSA) is 84.1 Å². The first-order valence-electron chi connectivity index (χ1n) is 6.39. The van der Waals surface area contributed by atoms with Gasteiger partial charge in [0.1, 0.15) is 11.6 Å². The number of hydrogen-bond donors (Lipinski definition) is 2. The predicted molar refractivity (Wildman–Crippen MR) is 72.6 cm³/mol. The van der Waals surface area contributed by atoms with Crippen LogP contribution in [0.1, 0.15) is 26.6 Å². The lowest BCUT2D eigenvalue weighted by Gasteiger charge is -2.23. The molecule has 1 aromatic heterocycles. The second-order valence-corrected chi connectivity index (χ2v) is 4.71. The van der Waals surface area contributed by atoms with Crippen LogP contribution in [0.2, 0.25) is 0 Å². The number of likely N-dealkylation sites (N-methyl/N-ethyl adjacent to an activating group) is 1. The van der Waals surface area contributed by atoms with Crippen LogP contribution in [-0.4, -0.2) is 35.0 Å². The summed E-state index contributed by atoms with van der Waals surface area (Å²) in [5.74, 6) is -1.95. The SMILES string of the molecule is CCN(CC(=O)NC(C)C)c1cc(N)nc(C(F)(F)F)n1. The number of nitrogens with two attached hydrogens (primary N) is 1. The maximum atomic E-state index is 12.7. The first-order valence-corrected chi connectivity index (χ1v) is 6.39. The molecule has 0 aromatic carbocycles. The Kier molecular flexibility index (Phi) is 5.34. The molecule has 0 saturated heterocycles. The molecule has 0 fully saturated rings. The van der Waals surface area contributed by atoms with E-state index < -0.39 is 12.0 Å². The van der Waals surface area contributed by atoms with Crippen LogP contribution >= 0.6 is 0 Å². The van der Waals surface area contributed by atoms with Crippen molar-refractivity contribution in [2.45, 2.75) is 33.0 Å². The molecule has 0 saturated carbocycles. The summed E-state index contributed by atoms with van der Waals surface area (Å²) >= 11 is 0. The Bertz CT molecular complexity index is 504. The Morgan fingerprint density at radius 1 is 1.43 bits per heavy atom. The van der Waals surface area contributed by atoms with Gasteiger partial charge < -0.3 is 16.0 Å². The Morgan fingerprint density at radius 2 is 2.05 bits per heavy atom. The van der Waals surface area contributed by atoms with E-state index in [1.54, 1.807) is 20.8 Å². The standard InChI is InChI=1S/C12H18F3N5O/c1-4-20(6-10(21)17-7(2)3)9-5-8(16)18-11(19-9)12(13,14)15/h5,7H,4,6H2,1-3H3,(H,17,21)(H2,16,18,19). The number of rotatable bonds is 5. The quantitative estimate of drug-likeness (QED) is 0.859. The summed E-state index contributed by atoms with van der Waals surface area (Å²) in [6.45, 7) is 5.48. The van der Waals surface area contributed by atoms with Gasteiger partial charge in [-0.3, -0.25) is 4.79 Å². The lowest BCUT2D eigenvalue weighted by atomic mass is 10.3. The number of nitrogen functional groups attached to an aromatic ring is 1. The molecule has 0 aliphatic heterocycles. The molecule has 1 amide bonds. The number of amides is 1. The number of nitrogens with zero attached hydrogens (tertiary/aromatic N) is 3. The van der Waals surface area contributed by atoms with Crippen molar-refractivity contribution in [3.63, 3.8) is 0 Å². The molecule has 1 aromatic rings. The molecular formula is C12H18F3N5O. The Balaban J connectivity index is 3.00. The van der Waals surface area contributed by atoms with E-state index in [0.717, 1.165) is 0 Å². The van der Waals surface area contributed by atoms with Crippen molar-refractivity contribution in [1.29, 1.82) is 0 Å². The van der Waals surface area contributed by atoms with Crippen molar-refractivity contribution < 1.29 is 18.0 Å². The number of nitrogens with one attached hydrogen (secondary N) is 1. The minimum Gasteiger partial charge on any atom is -0.384 e. The summed E-state index contributed by atoms with van der Waals surface area (Å²) in [4.78, 5) is 19.7. The van der Waals surface area contributed by atoms with Gasteiger partial charge in [-0.25, -0.2) is 9.97 Å². The fraction of sp³-hybridized carbons (Fsp3) is 0.583. The molecule has 0 atom stereocenters. The molecule has 6 nitrogen and oxygen atoms in total. The van der Waals surface area contributed by atoms with Gasteiger partial charge >= 0.3 is 6.18 Å². The number of halogens is 3. The van der Waals surface area contributed by atoms with E-state index in [0.29, 0.717) is 6.54 Å². The first-order chi connectivity index (χ1) is 9.63. The number of carbonyl (C=O) groups is 1. The maximum absolute atomic E-state index is 12.7. The molecule has 1 heterocycles. The molecule has 1 rings (SSSR count). The number of carbonyl (C=O) groups excluding carboxylic acids is 1. The molecular weight excluding hydrogens is 287 g/mol. The molecule has 21 heavy (non-hydrogen) atoms. The summed E-state index contributed by atoms with van der Waals surface area (Å²) in [6.07, 6.45) is -4.69. The monoisotopic (exact) mass is 305 g/mol. The van der Waals surface area contributed by atoms with Gasteiger partial charge in [-0.2, -0.15) is 13.2 Å². The molecule has 0 aliphatic carbocycles. The van der Waals surface area contributed by atoms with E-state index in [1.165, 1.54) is 11.0 Å². The average molecular weight is 305 g/mol. The van der Waals surface area contributed by atoms with Crippen LogP contribution in [0.5, 0.6) is 0 Å². The second-order valence-electron chi connectivity index (χ2n) is 4.71. The lowest BCUT2D eigenvalue weighted by molar-refractivity contribution is -0.144. The zero-order valence-corrected chi connectivity index (χ0v) is 12.0. The zero-order chi connectivity index (χ0) is 16.2. The summed E-state index contributed by atoms with van der Waals surface area (Å²) in [5.41, 5.74) is 5.38. The van der Waals surface area contributed by atoms with Crippen LogP contribution in [0.3, 0.4) is 0 Å². The highest BCUT2D eigenvalue weighted by molar-refractivity contribution is 5.81. The van der Waals surface area contributed by atoms with Crippen molar-refractivity contribution in [3.05, 3.63) is 11.9 Å². The minimum absolute atomic E-state index is 0.0313. The second kappa shape index (κ2) is 6.59. The highest BCUT2D eigenvalue weighted by Gasteiger charge is 2.35. The van der Waals surface area contributed by atoms with Crippen molar-refractivity contribution in [3.8, 4) is 0 Å². The van der Waals surface area contributed by atoms with Crippen LogP contribution in [0.15, 0.2) is 6.07 Å². The highest BCUT2D eigenvalue weighted by atomic mass is 19.4. The largest absolute Gasteiger partial charge is 0.451 e. The van der Waals surface area contributed by atoms with Crippen LogP contribution < -0.4 is 16.0 Å². The third-order valence-electron chi connectivity index (χ3n) is 2.48. The number of alkyl halides is 3. The van der Waals surface area contributed by atoms with Crippen LogP contribution in [0.4, 0.5) is 24.8 Å². The van der Waals surface area contributed by atoms with Gasteiger partial charge in [0.2, 0.25) is 11.7 Å². The Hall–Kier alpha value is -2.06. The van der Waals surface area contributed by atoms with Gasteiger partial charge in [0.05, 0.1) is 6.54 Å². The van der Waals surface area contributed by atoms with Crippen molar-refractivity contribution >= 4 is 17.5 Å². The number of hydrogen-bond acceptors (Lipinski definition) is 5. The molecule has 3 N–H and O–H groups in total. The summed E-state index contributed by atoms with van der Waals surface area (Å²) in [7, 11) is 0. The van der Waals surface area contributed by atoms with Crippen molar-refractivity contribution in [2.75, 3.05) is 23.7 Å². The molecule has 118 valence electrons. The van der Waals surface area contributed by atoms with Crippen LogP contribution in [-0.2, 0) is 11.0 Å². The van der Waals surface area contributed by atoms with E-state index in [2.05, 4.69) is 15.3 Å². The third-order valence-corrected chi connectivity index (χ3v) is 2.48. The highest BCUT2D eigenvalue weighted by Crippen LogP contribution is 2.28. The predicted octanol–water partition coefficient (Wildman–Crippen LogP) is 1.43. The normalized spacial score (nSPS) is 11.6. The van der Waals surface area contributed by atoms with Crippen LogP contribution in [0, 0.1) is 0 Å². The summed E-state index contributed by atoms with van der Waals surface area (Å²) < 4.78 is 38.0. The smallest absolute Gasteiger partial charge is 0.384 e. The van der Waals surface area contributed by atoms with E-state index >= 15 is 0 Å². The van der Waals surface area contributed by atoms with Gasteiger partial charge in [0.25, 0.3) is 0 Å². The molecule has 0 unspecified atom stereocenters. The zero-order valence-electron chi connectivity index (χ0n) is 12.0. The summed E-state index contributed by atoms with van der Waals surface area (Å²) in [5, 5.41) is 2.66. The lowest BCUT2D eigenvalue weighted by Crippen LogP contribution is -2.40. The van der Waals surface area contributed by atoms with E-state index in [9.17, 15) is 18.0 Å². The number of anilines is 2. The number of aromatic nitrogens is 2. The molecule has 9 heteroatoms. The molecule has 0 spiro atoms. The summed E-state index contributed by atoms with van der Waals surface area (Å²) in [6, 6.07) is 1.15.